The topological polar surface area (TPSA) is 42.8 Å². The van der Waals surface area contributed by atoms with Crippen LogP contribution in [0.1, 0.15) is 47.6 Å². The molecule has 33 heavy (non-hydrogen) atoms. The molecule has 0 unspecified atom stereocenters. The number of nitrogens with one attached hydrogen (secondary N) is 1. The van der Waals surface area contributed by atoms with Crippen LogP contribution >= 0.6 is 0 Å². The van der Waals surface area contributed by atoms with E-state index in [0.717, 1.165) is 29.2 Å². The quantitative estimate of drug-likeness (QED) is 0.333. The van der Waals surface area contributed by atoms with Gasteiger partial charge in [0.1, 0.15) is 0 Å². The van der Waals surface area contributed by atoms with E-state index in [9.17, 15) is 0 Å². The summed E-state index contributed by atoms with van der Waals surface area (Å²) < 4.78 is 11.0. The molecular formula is C29H30N2O2. The summed E-state index contributed by atoms with van der Waals surface area (Å²) in [6, 6.07) is 21.5. The van der Waals surface area contributed by atoms with Crippen molar-refractivity contribution in [1.82, 2.24) is 0 Å². The van der Waals surface area contributed by atoms with E-state index in [-0.39, 0.29) is 0 Å². The fourth-order valence-corrected chi connectivity index (χ4v) is 5.00. The highest BCUT2D eigenvalue weighted by atomic mass is 16.5. The minimum atomic E-state index is 0.300. The maximum atomic E-state index is 5.59. The lowest BCUT2D eigenvalue weighted by Gasteiger charge is -2.37. The van der Waals surface area contributed by atoms with Crippen LogP contribution < -0.4 is 14.8 Å². The second-order valence-electron chi connectivity index (χ2n) is 8.76. The molecule has 4 heteroatoms. The van der Waals surface area contributed by atoms with E-state index in [1.807, 2.05) is 31.3 Å². The minimum absolute atomic E-state index is 0.300. The van der Waals surface area contributed by atoms with Gasteiger partial charge in [0.25, 0.3) is 0 Å². The van der Waals surface area contributed by atoms with E-state index in [1.165, 1.54) is 22.4 Å². The van der Waals surface area contributed by atoms with Gasteiger partial charge in [-0.2, -0.15) is 0 Å². The Morgan fingerprint density at radius 3 is 2.67 bits per heavy atom. The average molecular weight is 439 g/mol. The molecule has 1 N–H and O–H groups in total. The van der Waals surface area contributed by atoms with Gasteiger partial charge in [-0.25, -0.2) is 0 Å². The van der Waals surface area contributed by atoms with E-state index in [1.54, 1.807) is 7.11 Å². The monoisotopic (exact) mass is 438 g/mol. The summed E-state index contributed by atoms with van der Waals surface area (Å²) >= 11 is 0. The minimum Gasteiger partial charge on any atom is -0.493 e. The predicted octanol–water partition coefficient (Wildman–Crippen LogP) is 6.98. The zero-order valence-electron chi connectivity index (χ0n) is 19.4. The molecule has 0 aromatic heterocycles. The molecule has 0 spiro atoms. The van der Waals surface area contributed by atoms with Crippen molar-refractivity contribution in [1.29, 1.82) is 0 Å². The summed E-state index contributed by atoms with van der Waals surface area (Å²) in [6.07, 6.45) is 7.70. The van der Waals surface area contributed by atoms with E-state index in [0.29, 0.717) is 24.5 Å². The summed E-state index contributed by atoms with van der Waals surface area (Å²) in [7, 11) is 1.65. The lowest BCUT2D eigenvalue weighted by atomic mass is 9.76. The van der Waals surface area contributed by atoms with E-state index < -0.39 is 0 Å². The first-order valence-corrected chi connectivity index (χ1v) is 11.6. The van der Waals surface area contributed by atoms with Gasteiger partial charge in [-0.15, -0.1) is 0 Å². The second kappa shape index (κ2) is 9.14. The zero-order chi connectivity index (χ0) is 22.8. The third kappa shape index (κ3) is 4.25. The van der Waals surface area contributed by atoms with Crippen molar-refractivity contribution in [3.63, 3.8) is 0 Å². The Balaban J connectivity index is 1.34. The first kappa shape index (κ1) is 21.3. The molecule has 2 aliphatic rings. The van der Waals surface area contributed by atoms with Crippen molar-refractivity contribution in [3.05, 3.63) is 95.1 Å². The third-order valence-electron chi connectivity index (χ3n) is 6.62. The number of nitrogens with zero attached hydrogens (tertiary/aromatic N) is 1. The zero-order valence-corrected chi connectivity index (χ0v) is 19.4. The van der Waals surface area contributed by atoms with Crippen molar-refractivity contribution in [3.8, 4) is 11.5 Å². The molecule has 0 saturated carbocycles. The number of allylic oxidation sites excluding steroid dienone is 2. The molecule has 3 aromatic rings. The summed E-state index contributed by atoms with van der Waals surface area (Å²) in [5.41, 5.74) is 7.21. The van der Waals surface area contributed by atoms with Crippen molar-refractivity contribution in [2.75, 3.05) is 19.0 Å². The molecular weight excluding hydrogens is 408 g/mol. The van der Waals surface area contributed by atoms with Crippen LogP contribution in [0.4, 0.5) is 11.4 Å². The molecule has 0 radical (unpaired) electrons. The van der Waals surface area contributed by atoms with Gasteiger partial charge in [0.05, 0.1) is 25.4 Å². The van der Waals surface area contributed by atoms with Crippen molar-refractivity contribution < 1.29 is 9.47 Å². The van der Waals surface area contributed by atoms with Gasteiger partial charge in [-0.1, -0.05) is 42.0 Å². The lowest BCUT2D eigenvalue weighted by molar-refractivity contribution is 0.311. The standard InChI is InChI=1S/C29H30N2O2/c1-4-33-27-15-9-20(17-28(27)32-3)18-30-22-12-10-21(11-13-22)29-24-7-5-6-23(24)25-16-19(2)8-14-26(25)31-29/h5-6,8-18,23-24,29,31H,4,7H2,1-3H3/t23-,24+,29-/m0/s1. The van der Waals surface area contributed by atoms with Gasteiger partial charge in [-0.3, -0.25) is 4.99 Å². The third-order valence-corrected chi connectivity index (χ3v) is 6.62. The van der Waals surface area contributed by atoms with Gasteiger partial charge < -0.3 is 14.8 Å². The average Bonchev–Trinajstić information content (AvgIpc) is 3.34. The smallest absolute Gasteiger partial charge is 0.161 e. The molecule has 1 heterocycles. The Kier molecular flexibility index (Phi) is 5.91. The molecule has 3 aromatic carbocycles. The fraction of sp³-hybridized carbons (Fsp3) is 0.276. The molecule has 168 valence electrons. The molecule has 0 bridgehead atoms. The number of aryl methyl sites for hydroxylation is 1. The lowest BCUT2D eigenvalue weighted by Crippen LogP contribution is -2.29. The van der Waals surface area contributed by atoms with Gasteiger partial charge >= 0.3 is 0 Å². The number of rotatable bonds is 6. The number of methoxy groups -OCH3 is 1. The van der Waals surface area contributed by atoms with Crippen molar-refractivity contribution >= 4 is 17.6 Å². The van der Waals surface area contributed by atoms with Crippen LogP contribution in [0.25, 0.3) is 0 Å². The van der Waals surface area contributed by atoms with Crippen LogP contribution in [0, 0.1) is 12.8 Å². The van der Waals surface area contributed by atoms with Gasteiger partial charge in [0, 0.05) is 17.8 Å². The maximum absolute atomic E-state index is 5.59. The molecule has 0 amide bonds. The highest BCUT2D eigenvalue weighted by Gasteiger charge is 2.37. The summed E-state index contributed by atoms with van der Waals surface area (Å²) in [6.45, 7) is 4.74. The second-order valence-corrected chi connectivity index (χ2v) is 8.76. The highest BCUT2D eigenvalue weighted by Crippen LogP contribution is 2.50. The molecule has 4 nitrogen and oxygen atoms in total. The van der Waals surface area contributed by atoms with E-state index >= 15 is 0 Å². The predicted molar refractivity (Wildman–Crippen MR) is 135 cm³/mol. The van der Waals surface area contributed by atoms with Crippen molar-refractivity contribution in [2.24, 2.45) is 10.9 Å². The Morgan fingerprint density at radius 2 is 1.88 bits per heavy atom. The Hall–Kier alpha value is -3.53. The molecule has 3 atom stereocenters. The molecule has 5 rings (SSSR count). The summed E-state index contributed by atoms with van der Waals surface area (Å²) in [4.78, 5) is 4.67. The SMILES string of the molecule is CCOc1ccc(C=Nc2ccc([C@@H]3Nc4ccc(C)cc4[C@H]4C=CC[C@H]43)cc2)cc1OC. The van der Waals surface area contributed by atoms with Crippen LogP contribution in [0.2, 0.25) is 0 Å². The van der Waals surface area contributed by atoms with Crippen LogP contribution in [-0.2, 0) is 0 Å². The van der Waals surface area contributed by atoms with E-state index in [2.05, 4.69) is 71.8 Å². The fourth-order valence-electron chi connectivity index (χ4n) is 5.00. The first-order valence-electron chi connectivity index (χ1n) is 11.6. The van der Waals surface area contributed by atoms with Crippen LogP contribution in [0.3, 0.4) is 0 Å². The van der Waals surface area contributed by atoms with Crippen LogP contribution in [0.5, 0.6) is 11.5 Å². The number of ether oxygens (including phenoxy) is 2. The Labute approximate surface area is 196 Å². The van der Waals surface area contributed by atoms with Crippen LogP contribution in [0.15, 0.2) is 77.8 Å². The summed E-state index contributed by atoms with van der Waals surface area (Å²) in [5.74, 6) is 2.50. The Bertz CT molecular complexity index is 1200. The summed E-state index contributed by atoms with van der Waals surface area (Å²) in [5, 5.41) is 3.81. The van der Waals surface area contributed by atoms with Crippen LogP contribution in [-0.4, -0.2) is 19.9 Å². The Morgan fingerprint density at radius 1 is 1.03 bits per heavy atom. The van der Waals surface area contributed by atoms with Gasteiger partial charge in [0.15, 0.2) is 11.5 Å². The molecule has 0 saturated heterocycles. The molecule has 1 aliphatic heterocycles. The molecule has 0 fully saturated rings. The van der Waals surface area contributed by atoms with E-state index in [4.69, 9.17) is 9.47 Å². The number of aliphatic imine (C=N–C) groups is 1. The largest absolute Gasteiger partial charge is 0.493 e. The number of anilines is 1. The highest BCUT2D eigenvalue weighted by molar-refractivity contribution is 5.83. The normalized spacial score (nSPS) is 20.9. The first-order chi connectivity index (χ1) is 16.2. The number of hydrogen-bond acceptors (Lipinski definition) is 4. The number of benzene rings is 3. The maximum Gasteiger partial charge on any atom is 0.161 e. The number of hydrogen-bond donors (Lipinski definition) is 1. The van der Waals surface area contributed by atoms with Gasteiger partial charge in [0.2, 0.25) is 0 Å². The number of fused-ring (bicyclic) bond motifs is 3. The molecule has 1 aliphatic carbocycles. The van der Waals surface area contributed by atoms with Gasteiger partial charge in [-0.05, 0) is 79.3 Å². The van der Waals surface area contributed by atoms with Crippen molar-refractivity contribution in [2.45, 2.75) is 32.2 Å².